The van der Waals surface area contributed by atoms with Gasteiger partial charge in [0.1, 0.15) is 6.04 Å². The van der Waals surface area contributed by atoms with E-state index in [2.05, 4.69) is 5.32 Å². The van der Waals surface area contributed by atoms with Gasteiger partial charge in [0.05, 0.1) is 12.7 Å². The lowest BCUT2D eigenvalue weighted by Gasteiger charge is -2.25. The summed E-state index contributed by atoms with van der Waals surface area (Å²) in [5.41, 5.74) is -0.389. The molecule has 0 bridgehead atoms. The summed E-state index contributed by atoms with van der Waals surface area (Å²) in [5.74, 6) is -0.713. The molecular formula is C19H24N2O4. The zero-order chi connectivity index (χ0) is 18.8. The maximum atomic E-state index is 12.9. The smallest absolute Gasteiger partial charge is 0.337 e. The van der Waals surface area contributed by atoms with Crippen LogP contribution in [0.15, 0.2) is 35.3 Å². The van der Waals surface area contributed by atoms with Crippen LogP contribution in [0.4, 0.5) is 0 Å². The number of carbonyl (C=O) groups excluding carboxylic acids is 2. The van der Waals surface area contributed by atoms with Gasteiger partial charge in [0.25, 0.3) is 5.56 Å². The van der Waals surface area contributed by atoms with Gasteiger partial charge in [-0.1, -0.05) is 13.0 Å². The molecule has 1 aromatic carbocycles. The Morgan fingerprint density at radius 1 is 1.24 bits per heavy atom. The van der Waals surface area contributed by atoms with Gasteiger partial charge in [0, 0.05) is 17.1 Å². The number of amides is 1. The van der Waals surface area contributed by atoms with Crippen molar-refractivity contribution in [2.24, 2.45) is 0 Å². The predicted octanol–water partition coefficient (Wildman–Crippen LogP) is 2.65. The van der Waals surface area contributed by atoms with Crippen molar-refractivity contribution in [1.29, 1.82) is 0 Å². The van der Waals surface area contributed by atoms with Crippen LogP contribution in [0.1, 0.15) is 50.5 Å². The fourth-order valence-electron chi connectivity index (χ4n) is 2.71. The summed E-state index contributed by atoms with van der Waals surface area (Å²) in [6, 6.07) is 5.97. The summed E-state index contributed by atoms with van der Waals surface area (Å²) in [6.45, 7) is 7.53. The van der Waals surface area contributed by atoms with Gasteiger partial charge in [-0.15, -0.1) is 0 Å². The Balaban J connectivity index is 2.53. The number of pyridine rings is 1. The quantitative estimate of drug-likeness (QED) is 0.865. The maximum absolute atomic E-state index is 12.9. The van der Waals surface area contributed by atoms with E-state index in [9.17, 15) is 14.4 Å². The fraction of sp³-hybridized carbons (Fsp3) is 0.421. The second-order valence-corrected chi connectivity index (χ2v) is 6.99. The van der Waals surface area contributed by atoms with Gasteiger partial charge in [-0.25, -0.2) is 4.79 Å². The minimum Gasteiger partial charge on any atom is -0.465 e. The van der Waals surface area contributed by atoms with E-state index in [1.54, 1.807) is 24.4 Å². The van der Waals surface area contributed by atoms with Crippen LogP contribution in [-0.4, -0.2) is 29.1 Å². The number of hydrogen-bond acceptors (Lipinski definition) is 4. The highest BCUT2D eigenvalue weighted by Gasteiger charge is 2.24. The van der Waals surface area contributed by atoms with E-state index in [1.807, 2.05) is 27.7 Å². The van der Waals surface area contributed by atoms with Crippen LogP contribution < -0.4 is 10.9 Å². The Kier molecular flexibility index (Phi) is 5.30. The standard InChI is InChI=1S/C19H24N2O4/c1-6-15(16(22)20-19(2,3)4)21-10-9-12-7-8-13(18(24)25-5)11-14(12)17(21)23/h7-11,15H,6H2,1-5H3,(H,20,22)/t15-/m0/s1. The molecule has 6 heteroatoms. The van der Waals surface area contributed by atoms with Gasteiger partial charge in [-0.3, -0.25) is 9.59 Å². The number of methoxy groups -OCH3 is 1. The maximum Gasteiger partial charge on any atom is 0.337 e. The molecule has 0 aliphatic heterocycles. The number of fused-ring (bicyclic) bond motifs is 1. The average molecular weight is 344 g/mol. The van der Waals surface area contributed by atoms with E-state index in [1.165, 1.54) is 17.7 Å². The van der Waals surface area contributed by atoms with Gasteiger partial charge < -0.3 is 14.6 Å². The molecule has 0 radical (unpaired) electrons. The minimum absolute atomic E-state index is 0.208. The Bertz CT molecular complexity index is 862. The number of aromatic nitrogens is 1. The minimum atomic E-state index is -0.613. The summed E-state index contributed by atoms with van der Waals surface area (Å²) in [5, 5.41) is 4.00. The average Bonchev–Trinajstić information content (AvgIpc) is 2.55. The van der Waals surface area contributed by atoms with Gasteiger partial charge in [0.15, 0.2) is 0 Å². The molecule has 0 aliphatic carbocycles. The van der Waals surface area contributed by atoms with Crippen molar-refractivity contribution in [3.63, 3.8) is 0 Å². The number of nitrogens with zero attached hydrogens (tertiary/aromatic N) is 1. The van der Waals surface area contributed by atoms with Gasteiger partial charge >= 0.3 is 5.97 Å². The monoisotopic (exact) mass is 344 g/mol. The Morgan fingerprint density at radius 3 is 2.48 bits per heavy atom. The summed E-state index contributed by atoms with van der Waals surface area (Å²) in [4.78, 5) is 37.2. The molecule has 1 N–H and O–H groups in total. The van der Waals surface area contributed by atoms with Crippen molar-refractivity contribution in [3.8, 4) is 0 Å². The van der Waals surface area contributed by atoms with Crippen LogP contribution in [-0.2, 0) is 9.53 Å². The van der Waals surface area contributed by atoms with E-state index >= 15 is 0 Å². The van der Waals surface area contributed by atoms with Gasteiger partial charge in [-0.05, 0) is 50.8 Å². The molecule has 2 rings (SSSR count). The third kappa shape index (κ3) is 4.07. The lowest BCUT2D eigenvalue weighted by atomic mass is 10.1. The van der Waals surface area contributed by atoms with E-state index in [4.69, 9.17) is 4.74 Å². The molecule has 2 aromatic rings. The number of nitrogens with one attached hydrogen (secondary N) is 1. The molecule has 0 saturated carbocycles. The van der Waals surface area contributed by atoms with Gasteiger partial charge in [-0.2, -0.15) is 0 Å². The van der Waals surface area contributed by atoms with Crippen LogP contribution in [0.5, 0.6) is 0 Å². The van der Waals surface area contributed by atoms with Crippen LogP contribution in [0.3, 0.4) is 0 Å². The highest BCUT2D eigenvalue weighted by atomic mass is 16.5. The highest BCUT2D eigenvalue weighted by molar-refractivity contribution is 5.95. The third-order valence-corrected chi connectivity index (χ3v) is 3.88. The summed E-state index contributed by atoms with van der Waals surface area (Å²) in [7, 11) is 1.29. The summed E-state index contributed by atoms with van der Waals surface area (Å²) >= 11 is 0. The molecule has 6 nitrogen and oxygen atoms in total. The predicted molar refractivity (Wildman–Crippen MR) is 96.8 cm³/mol. The fourth-order valence-corrected chi connectivity index (χ4v) is 2.71. The normalized spacial score (nSPS) is 12.7. The number of rotatable bonds is 4. The first kappa shape index (κ1) is 18.7. The molecule has 0 fully saturated rings. The Labute approximate surface area is 146 Å². The van der Waals surface area contributed by atoms with Crippen molar-refractivity contribution >= 4 is 22.6 Å². The van der Waals surface area contributed by atoms with Crippen LogP contribution in [0, 0.1) is 0 Å². The van der Waals surface area contributed by atoms with E-state index in [0.717, 1.165) is 0 Å². The number of esters is 1. The first-order valence-electron chi connectivity index (χ1n) is 8.23. The summed E-state index contributed by atoms with van der Waals surface area (Å²) in [6.07, 6.45) is 2.10. The van der Waals surface area contributed by atoms with E-state index in [0.29, 0.717) is 22.8 Å². The van der Waals surface area contributed by atoms with Crippen molar-refractivity contribution < 1.29 is 14.3 Å². The SMILES string of the molecule is CC[C@@H](C(=O)NC(C)(C)C)n1ccc2ccc(C(=O)OC)cc2c1=O. The Morgan fingerprint density at radius 2 is 1.92 bits per heavy atom. The molecule has 0 unspecified atom stereocenters. The number of ether oxygens (including phenoxy) is 1. The summed E-state index contributed by atoms with van der Waals surface area (Å²) < 4.78 is 6.13. The second-order valence-electron chi connectivity index (χ2n) is 6.99. The first-order valence-corrected chi connectivity index (χ1v) is 8.23. The van der Waals surface area contributed by atoms with Crippen LogP contribution in [0.2, 0.25) is 0 Å². The first-order chi connectivity index (χ1) is 11.7. The molecular weight excluding hydrogens is 320 g/mol. The molecule has 0 saturated heterocycles. The molecule has 1 atom stereocenters. The van der Waals surface area contributed by atoms with Gasteiger partial charge in [0.2, 0.25) is 5.91 Å². The lowest BCUT2D eigenvalue weighted by molar-refractivity contribution is -0.125. The van der Waals surface area contributed by atoms with Crippen molar-refractivity contribution in [1.82, 2.24) is 9.88 Å². The zero-order valence-electron chi connectivity index (χ0n) is 15.3. The lowest BCUT2D eigenvalue weighted by Crippen LogP contribution is -2.45. The number of benzene rings is 1. The molecule has 1 heterocycles. The second kappa shape index (κ2) is 7.09. The van der Waals surface area contributed by atoms with E-state index < -0.39 is 12.0 Å². The number of hydrogen-bond donors (Lipinski definition) is 1. The van der Waals surface area contributed by atoms with E-state index in [-0.39, 0.29) is 17.0 Å². The van der Waals surface area contributed by atoms with Crippen LogP contribution in [0.25, 0.3) is 10.8 Å². The zero-order valence-corrected chi connectivity index (χ0v) is 15.3. The molecule has 0 spiro atoms. The number of carbonyl (C=O) groups is 2. The van der Waals surface area contributed by atoms with Crippen molar-refractivity contribution in [2.45, 2.75) is 45.7 Å². The molecule has 1 aromatic heterocycles. The highest BCUT2D eigenvalue weighted by Crippen LogP contribution is 2.17. The molecule has 134 valence electrons. The van der Waals surface area contributed by atoms with Crippen molar-refractivity contribution in [3.05, 3.63) is 46.4 Å². The van der Waals surface area contributed by atoms with Crippen LogP contribution >= 0.6 is 0 Å². The molecule has 0 aliphatic rings. The Hall–Kier alpha value is -2.63. The molecule has 25 heavy (non-hydrogen) atoms. The van der Waals surface area contributed by atoms with Crippen molar-refractivity contribution in [2.75, 3.05) is 7.11 Å². The topological polar surface area (TPSA) is 77.4 Å². The largest absolute Gasteiger partial charge is 0.465 e. The third-order valence-electron chi connectivity index (χ3n) is 3.88. The molecule has 1 amide bonds.